The Balaban J connectivity index is 0.000000403. The van der Waals surface area contributed by atoms with Crippen molar-refractivity contribution in [3.8, 4) is 5.69 Å². The van der Waals surface area contributed by atoms with Crippen LogP contribution < -0.4 is 11.1 Å². The number of aromatic amines is 1. The number of nitrogens with two attached hydrogens (primary N) is 1. The molecule has 28 heavy (non-hydrogen) atoms. The van der Waals surface area contributed by atoms with E-state index in [-0.39, 0.29) is 5.91 Å². The number of aromatic nitrogens is 3. The normalized spacial score (nSPS) is 14.7. The number of hydrogen-bond donors (Lipinski definition) is 3. The van der Waals surface area contributed by atoms with Crippen LogP contribution in [-0.2, 0) is 0 Å². The zero-order valence-electron chi connectivity index (χ0n) is 15.6. The lowest BCUT2D eigenvalue weighted by molar-refractivity contribution is 0.0929. The molecule has 0 saturated heterocycles. The Bertz CT molecular complexity index is 885. The number of rotatable bonds is 4. The first-order valence-corrected chi connectivity index (χ1v) is 9.47. The second-order valence-corrected chi connectivity index (χ2v) is 6.84. The van der Waals surface area contributed by atoms with Crippen LogP contribution in [0.2, 0.25) is 0 Å². The minimum absolute atomic E-state index is 0.00585. The van der Waals surface area contributed by atoms with E-state index in [0.717, 1.165) is 29.4 Å². The number of nitrogens with zero attached hydrogens (tertiary/aromatic N) is 2. The van der Waals surface area contributed by atoms with Gasteiger partial charge in [-0.3, -0.25) is 4.79 Å². The minimum atomic E-state index is -2.34. The highest BCUT2D eigenvalue weighted by atomic mass is 19.3. The summed E-state index contributed by atoms with van der Waals surface area (Å²) in [5.74, 6) is 0.00585. The van der Waals surface area contributed by atoms with Crippen LogP contribution in [0.4, 0.5) is 8.78 Å². The van der Waals surface area contributed by atoms with Crippen molar-refractivity contribution in [3.63, 3.8) is 0 Å². The molecule has 0 bridgehead atoms. The maximum atomic E-state index is 12.8. The molecule has 8 heteroatoms. The van der Waals surface area contributed by atoms with Gasteiger partial charge in [0.05, 0.1) is 24.0 Å². The Morgan fingerprint density at radius 1 is 1.32 bits per heavy atom. The highest BCUT2D eigenvalue weighted by Gasteiger charge is 2.19. The number of amides is 1. The van der Waals surface area contributed by atoms with Crippen molar-refractivity contribution in [3.05, 3.63) is 48.7 Å². The molecule has 0 spiro atoms. The number of benzene rings is 1. The summed E-state index contributed by atoms with van der Waals surface area (Å²) in [6.07, 6.45) is 10.8. The Hall–Kier alpha value is -2.74. The predicted molar refractivity (Wildman–Crippen MR) is 105 cm³/mol. The smallest absolute Gasteiger partial charge is 0.253 e. The Morgan fingerprint density at radius 2 is 2.07 bits per heavy atom. The fourth-order valence-corrected chi connectivity index (χ4v) is 3.41. The topological polar surface area (TPSA) is 88.7 Å². The number of alkyl halides is 2. The van der Waals surface area contributed by atoms with E-state index in [9.17, 15) is 13.6 Å². The van der Waals surface area contributed by atoms with Gasteiger partial charge in [0.25, 0.3) is 12.3 Å². The first kappa shape index (κ1) is 20.0. The zero-order chi connectivity index (χ0) is 19.9. The van der Waals surface area contributed by atoms with Gasteiger partial charge in [-0.05, 0) is 31.0 Å². The maximum absolute atomic E-state index is 12.8. The number of H-pyrrole nitrogens is 1. The molecular weight excluding hydrogens is 364 g/mol. The van der Waals surface area contributed by atoms with Gasteiger partial charge < -0.3 is 20.6 Å². The molecule has 1 aliphatic carbocycles. The van der Waals surface area contributed by atoms with Crippen LogP contribution in [-0.4, -0.2) is 39.5 Å². The molecule has 150 valence electrons. The first-order chi connectivity index (χ1) is 13.6. The quantitative estimate of drug-likeness (QED) is 0.637. The molecule has 0 unspecified atom stereocenters. The van der Waals surface area contributed by atoms with Crippen molar-refractivity contribution in [1.29, 1.82) is 0 Å². The summed E-state index contributed by atoms with van der Waals surface area (Å²) in [7, 11) is 0. The molecule has 1 amide bonds. The molecule has 1 aromatic carbocycles. The van der Waals surface area contributed by atoms with Crippen LogP contribution in [0, 0.1) is 0 Å². The molecule has 4 N–H and O–H groups in total. The molecule has 0 atom stereocenters. The number of fused-ring (bicyclic) bond motifs is 1. The maximum Gasteiger partial charge on any atom is 0.253 e. The standard InChI is InChI=1S/C18H20N4O.C2H5F2N/c23-18(21-14-4-2-1-3-5-14)16-11-15(22-9-8-19-12-22)10-13-6-7-20-17(13)16;3-2(4)1-5/h6-12,14,20H,1-5H2,(H,21,23);2H,1,5H2. The van der Waals surface area contributed by atoms with E-state index in [1.165, 1.54) is 19.3 Å². The van der Waals surface area contributed by atoms with Crippen molar-refractivity contribution in [2.24, 2.45) is 5.73 Å². The SMILES string of the molecule is NCC(F)F.O=C(NC1CCCCC1)c1cc(-n2ccnc2)cc2cc[nH]c12. The van der Waals surface area contributed by atoms with E-state index < -0.39 is 13.0 Å². The lowest BCUT2D eigenvalue weighted by atomic mass is 9.95. The largest absolute Gasteiger partial charge is 0.361 e. The van der Waals surface area contributed by atoms with Crippen LogP contribution in [0.5, 0.6) is 0 Å². The van der Waals surface area contributed by atoms with E-state index in [1.807, 2.05) is 29.1 Å². The summed E-state index contributed by atoms with van der Waals surface area (Å²) in [5, 5.41) is 4.24. The number of carbonyl (C=O) groups excluding carboxylic acids is 1. The van der Waals surface area contributed by atoms with Crippen LogP contribution in [0.1, 0.15) is 42.5 Å². The summed E-state index contributed by atoms with van der Waals surface area (Å²) in [6.45, 7) is -0.528. The molecule has 1 aliphatic rings. The van der Waals surface area contributed by atoms with Gasteiger partial charge in [-0.1, -0.05) is 19.3 Å². The van der Waals surface area contributed by atoms with Gasteiger partial charge in [0, 0.05) is 35.7 Å². The van der Waals surface area contributed by atoms with Gasteiger partial charge in [-0.15, -0.1) is 0 Å². The van der Waals surface area contributed by atoms with Crippen LogP contribution in [0.25, 0.3) is 16.6 Å². The van der Waals surface area contributed by atoms with Crippen LogP contribution >= 0.6 is 0 Å². The highest BCUT2D eigenvalue weighted by molar-refractivity contribution is 6.06. The van der Waals surface area contributed by atoms with Crippen molar-refractivity contribution >= 4 is 16.8 Å². The van der Waals surface area contributed by atoms with Gasteiger partial charge in [-0.25, -0.2) is 13.8 Å². The Labute approximate surface area is 162 Å². The van der Waals surface area contributed by atoms with E-state index in [4.69, 9.17) is 0 Å². The summed E-state index contributed by atoms with van der Waals surface area (Å²) in [5.41, 5.74) is 6.96. The number of halogens is 2. The lowest BCUT2D eigenvalue weighted by Gasteiger charge is -2.23. The lowest BCUT2D eigenvalue weighted by Crippen LogP contribution is -2.36. The fourth-order valence-electron chi connectivity index (χ4n) is 3.41. The third kappa shape index (κ3) is 4.95. The van der Waals surface area contributed by atoms with Crippen molar-refractivity contribution < 1.29 is 13.6 Å². The van der Waals surface area contributed by atoms with Crippen molar-refractivity contribution in [1.82, 2.24) is 19.9 Å². The summed E-state index contributed by atoms with van der Waals surface area (Å²) >= 11 is 0. The monoisotopic (exact) mass is 389 g/mol. The molecule has 1 saturated carbocycles. The number of imidazole rings is 1. The molecular formula is C20H25F2N5O. The highest BCUT2D eigenvalue weighted by Crippen LogP contribution is 2.24. The molecule has 1 fully saturated rings. The third-order valence-corrected chi connectivity index (χ3v) is 4.81. The van der Waals surface area contributed by atoms with Gasteiger partial charge >= 0.3 is 0 Å². The average Bonchev–Trinajstić information content (AvgIpc) is 3.40. The first-order valence-electron chi connectivity index (χ1n) is 9.47. The van der Waals surface area contributed by atoms with E-state index in [2.05, 4.69) is 27.1 Å². The van der Waals surface area contributed by atoms with Crippen LogP contribution in [0.3, 0.4) is 0 Å². The van der Waals surface area contributed by atoms with Crippen LogP contribution in [0.15, 0.2) is 43.1 Å². The van der Waals surface area contributed by atoms with E-state index in [1.54, 1.807) is 12.5 Å². The predicted octanol–water partition coefficient (Wildman–Crippen LogP) is 3.63. The number of hydrogen-bond acceptors (Lipinski definition) is 3. The second-order valence-electron chi connectivity index (χ2n) is 6.84. The molecule has 4 rings (SSSR count). The number of carbonyl (C=O) groups is 1. The minimum Gasteiger partial charge on any atom is -0.361 e. The summed E-state index contributed by atoms with van der Waals surface area (Å²) in [6, 6.07) is 6.29. The van der Waals surface area contributed by atoms with E-state index >= 15 is 0 Å². The fraction of sp³-hybridized carbons (Fsp3) is 0.400. The Morgan fingerprint density at radius 3 is 2.71 bits per heavy atom. The third-order valence-electron chi connectivity index (χ3n) is 4.81. The zero-order valence-corrected chi connectivity index (χ0v) is 15.6. The summed E-state index contributed by atoms with van der Waals surface area (Å²) in [4.78, 5) is 20.1. The molecule has 0 radical (unpaired) electrons. The van der Waals surface area contributed by atoms with Crippen molar-refractivity contribution in [2.75, 3.05) is 6.54 Å². The molecule has 6 nitrogen and oxygen atoms in total. The van der Waals surface area contributed by atoms with Crippen molar-refractivity contribution in [2.45, 2.75) is 44.6 Å². The van der Waals surface area contributed by atoms with Gasteiger partial charge in [0.2, 0.25) is 0 Å². The van der Waals surface area contributed by atoms with Gasteiger partial charge in [0.1, 0.15) is 0 Å². The van der Waals surface area contributed by atoms with Gasteiger partial charge in [0.15, 0.2) is 0 Å². The molecule has 2 heterocycles. The number of nitrogens with one attached hydrogen (secondary N) is 2. The second kappa shape index (κ2) is 9.45. The summed E-state index contributed by atoms with van der Waals surface area (Å²) < 4.78 is 23.2. The average molecular weight is 389 g/mol. The van der Waals surface area contributed by atoms with Gasteiger partial charge in [-0.2, -0.15) is 0 Å². The molecule has 3 aromatic rings. The Kier molecular flexibility index (Phi) is 6.76. The molecule has 2 aromatic heterocycles. The molecule has 0 aliphatic heterocycles. The van der Waals surface area contributed by atoms with E-state index in [0.29, 0.717) is 11.6 Å².